The summed E-state index contributed by atoms with van der Waals surface area (Å²) in [7, 11) is 1.40. The molecule has 1 aromatic heterocycles. The van der Waals surface area contributed by atoms with Crippen molar-refractivity contribution in [3.05, 3.63) is 21.9 Å². The van der Waals surface area contributed by atoms with Crippen LogP contribution in [0.4, 0.5) is 0 Å². The number of hydrogen-bond donors (Lipinski definition) is 0. The van der Waals surface area contributed by atoms with Gasteiger partial charge in [0.1, 0.15) is 5.78 Å². The number of Topliss-reactive ketones (excluding diaryl/α,β-unsaturated/α-hetero) is 1. The molecular formula is C14H18O3S. The smallest absolute Gasteiger partial charge is 0.338 e. The van der Waals surface area contributed by atoms with Crippen molar-refractivity contribution in [1.82, 2.24) is 0 Å². The Morgan fingerprint density at radius 3 is 2.83 bits per heavy atom. The molecule has 1 aliphatic carbocycles. The first kappa shape index (κ1) is 13.3. The molecule has 0 amide bonds. The zero-order valence-electron chi connectivity index (χ0n) is 10.6. The fraction of sp³-hybridized carbons (Fsp3) is 0.571. The minimum Gasteiger partial charge on any atom is -0.465 e. The number of hydrogen-bond acceptors (Lipinski definition) is 4. The SMILES string of the molecule is COC(=O)c1csc(CCC2CCC(=O)CC2)c1. The molecule has 2 rings (SSSR count). The lowest BCUT2D eigenvalue weighted by Crippen LogP contribution is -2.14. The molecule has 0 bridgehead atoms. The maximum atomic E-state index is 11.3. The van der Waals surface area contributed by atoms with Gasteiger partial charge in [-0.05, 0) is 37.7 Å². The predicted octanol–water partition coefficient (Wildman–Crippen LogP) is 3.23. The summed E-state index contributed by atoms with van der Waals surface area (Å²) in [4.78, 5) is 23.7. The van der Waals surface area contributed by atoms with E-state index >= 15 is 0 Å². The minimum atomic E-state index is -0.263. The summed E-state index contributed by atoms with van der Waals surface area (Å²) in [5.74, 6) is 0.822. The molecule has 18 heavy (non-hydrogen) atoms. The predicted molar refractivity (Wildman–Crippen MR) is 70.9 cm³/mol. The Morgan fingerprint density at radius 1 is 1.44 bits per heavy atom. The maximum absolute atomic E-state index is 11.3. The third-order valence-electron chi connectivity index (χ3n) is 3.54. The van der Waals surface area contributed by atoms with Gasteiger partial charge >= 0.3 is 5.97 Å². The van der Waals surface area contributed by atoms with Crippen LogP contribution >= 0.6 is 11.3 Å². The van der Waals surface area contributed by atoms with Crippen LogP contribution in [0.1, 0.15) is 47.3 Å². The summed E-state index contributed by atoms with van der Waals surface area (Å²) in [6.07, 6.45) is 5.70. The number of methoxy groups -OCH3 is 1. The van der Waals surface area contributed by atoms with Gasteiger partial charge in [-0.25, -0.2) is 4.79 Å². The highest BCUT2D eigenvalue weighted by Gasteiger charge is 2.18. The Bertz CT molecular complexity index is 426. The van der Waals surface area contributed by atoms with Crippen molar-refractivity contribution < 1.29 is 14.3 Å². The van der Waals surface area contributed by atoms with Crippen LogP contribution in [0.25, 0.3) is 0 Å². The average molecular weight is 266 g/mol. The van der Waals surface area contributed by atoms with E-state index in [-0.39, 0.29) is 5.97 Å². The van der Waals surface area contributed by atoms with Gasteiger partial charge in [-0.1, -0.05) is 0 Å². The van der Waals surface area contributed by atoms with Crippen LogP contribution in [0.3, 0.4) is 0 Å². The number of carbonyl (C=O) groups excluding carboxylic acids is 2. The summed E-state index contributed by atoms with van der Waals surface area (Å²) >= 11 is 1.61. The molecule has 0 radical (unpaired) electrons. The summed E-state index contributed by atoms with van der Waals surface area (Å²) < 4.78 is 4.69. The third-order valence-corrected chi connectivity index (χ3v) is 4.53. The van der Waals surface area contributed by atoms with Crippen molar-refractivity contribution in [2.24, 2.45) is 5.92 Å². The summed E-state index contributed by atoms with van der Waals surface area (Å²) in [5.41, 5.74) is 0.649. The standard InChI is InChI=1S/C14H18O3S/c1-17-14(16)11-8-13(18-9-11)7-4-10-2-5-12(15)6-3-10/h8-10H,2-7H2,1H3. The van der Waals surface area contributed by atoms with Crippen LogP contribution in [0.2, 0.25) is 0 Å². The summed E-state index contributed by atoms with van der Waals surface area (Å²) in [6, 6.07) is 1.92. The Morgan fingerprint density at radius 2 is 2.17 bits per heavy atom. The van der Waals surface area contributed by atoms with Crippen LogP contribution in [-0.4, -0.2) is 18.9 Å². The Labute approximate surface area is 111 Å². The highest BCUT2D eigenvalue weighted by atomic mass is 32.1. The number of thiophene rings is 1. The molecule has 1 fully saturated rings. The molecule has 0 N–H and O–H groups in total. The van der Waals surface area contributed by atoms with E-state index in [0.717, 1.165) is 38.5 Å². The molecular weight excluding hydrogens is 248 g/mol. The fourth-order valence-electron chi connectivity index (χ4n) is 2.37. The molecule has 1 aliphatic rings. The van der Waals surface area contributed by atoms with E-state index in [1.165, 1.54) is 12.0 Å². The monoisotopic (exact) mass is 266 g/mol. The second-order valence-electron chi connectivity index (χ2n) is 4.81. The van der Waals surface area contributed by atoms with Gasteiger partial charge in [0, 0.05) is 23.1 Å². The zero-order chi connectivity index (χ0) is 13.0. The zero-order valence-corrected chi connectivity index (χ0v) is 11.4. The molecule has 0 saturated heterocycles. The first-order valence-corrected chi connectivity index (χ1v) is 7.24. The lowest BCUT2D eigenvalue weighted by molar-refractivity contribution is -0.121. The van der Waals surface area contributed by atoms with Gasteiger partial charge in [0.15, 0.2) is 0 Å². The molecule has 4 heteroatoms. The van der Waals surface area contributed by atoms with Gasteiger partial charge in [-0.2, -0.15) is 0 Å². The molecule has 1 saturated carbocycles. The van der Waals surface area contributed by atoms with E-state index in [0.29, 0.717) is 17.3 Å². The molecule has 1 aromatic rings. The van der Waals surface area contributed by atoms with Crippen molar-refractivity contribution in [3.8, 4) is 0 Å². The topological polar surface area (TPSA) is 43.4 Å². The van der Waals surface area contributed by atoms with E-state index in [1.54, 1.807) is 11.3 Å². The fourth-order valence-corrected chi connectivity index (χ4v) is 3.24. The van der Waals surface area contributed by atoms with Crippen molar-refractivity contribution in [3.63, 3.8) is 0 Å². The van der Waals surface area contributed by atoms with Crippen molar-refractivity contribution >= 4 is 23.1 Å². The van der Waals surface area contributed by atoms with Gasteiger partial charge in [0.05, 0.1) is 12.7 Å². The summed E-state index contributed by atoms with van der Waals surface area (Å²) in [5, 5.41) is 1.85. The lowest BCUT2D eigenvalue weighted by Gasteiger charge is -2.20. The highest BCUT2D eigenvalue weighted by Crippen LogP contribution is 2.27. The second-order valence-corrected chi connectivity index (χ2v) is 5.81. The molecule has 0 aliphatic heterocycles. The van der Waals surface area contributed by atoms with Gasteiger partial charge in [0.25, 0.3) is 0 Å². The van der Waals surface area contributed by atoms with E-state index in [1.807, 2.05) is 11.4 Å². The highest BCUT2D eigenvalue weighted by molar-refractivity contribution is 7.10. The molecule has 0 unspecified atom stereocenters. The van der Waals surface area contributed by atoms with Crippen LogP contribution in [-0.2, 0) is 16.0 Å². The number of ketones is 1. The van der Waals surface area contributed by atoms with E-state index in [4.69, 9.17) is 0 Å². The first-order chi connectivity index (χ1) is 8.69. The van der Waals surface area contributed by atoms with Crippen LogP contribution < -0.4 is 0 Å². The largest absolute Gasteiger partial charge is 0.465 e. The quantitative estimate of drug-likeness (QED) is 0.786. The number of rotatable bonds is 4. The Balaban J connectivity index is 1.81. The van der Waals surface area contributed by atoms with Crippen LogP contribution in [0.5, 0.6) is 0 Å². The van der Waals surface area contributed by atoms with Crippen molar-refractivity contribution in [2.75, 3.05) is 7.11 Å². The van der Waals surface area contributed by atoms with Crippen molar-refractivity contribution in [1.29, 1.82) is 0 Å². The second kappa shape index (κ2) is 6.14. The summed E-state index contributed by atoms with van der Waals surface area (Å²) in [6.45, 7) is 0. The van der Waals surface area contributed by atoms with Gasteiger partial charge in [-0.15, -0.1) is 11.3 Å². The number of aryl methyl sites for hydroxylation is 1. The normalized spacial score (nSPS) is 16.8. The molecule has 0 spiro atoms. The lowest BCUT2D eigenvalue weighted by atomic mass is 9.85. The van der Waals surface area contributed by atoms with E-state index < -0.39 is 0 Å². The third kappa shape index (κ3) is 3.42. The molecule has 1 heterocycles. The average Bonchev–Trinajstić information content (AvgIpc) is 2.86. The number of carbonyl (C=O) groups is 2. The first-order valence-electron chi connectivity index (χ1n) is 6.36. The van der Waals surface area contributed by atoms with Gasteiger partial charge in [0.2, 0.25) is 0 Å². The maximum Gasteiger partial charge on any atom is 0.338 e. The van der Waals surface area contributed by atoms with Gasteiger partial charge in [-0.3, -0.25) is 4.79 Å². The molecule has 0 aromatic carbocycles. The molecule has 0 atom stereocenters. The van der Waals surface area contributed by atoms with Crippen molar-refractivity contribution in [2.45, 2.75) is 38.5 Å². The number of esters is 1. The van der Waals surface area contributed by atoms with Gasteiger partial charge < -0.3 is 4.74 Å². The molecule has 3 nitrogen and oxygen atoms in total. The Hall–Kier alpha value is -1.16. The van der Waals surface area contributed by atoms with E-state index in [2.05, 4.69) is 4.74 Å². The van der Waals surface area contributed by atoms with Crippen LogP contribution in [0.15, 0.2) is 11.4 Å². The molecule has 98 valence electrons. The van der Waals surface area contributed by atoms with E-state index in [9.17, 15) is 9.59 Å². The minimum absolute atomic E-state index is 0.263. The van der Waals surface area contributed by atoms with Crippen LogP contribution in [0, 0.1) is 5.92 Å². The number of ether oxygens (including phenoxy) is 1. The Kier molecular flexibility index (Phi) is 4.53.